The molecule has 2 aromatic heterocycles. The fraction of sp³-hybridized carbons (Fsp3) is 0.342. The van der Waals surface area contributed by atoms with Gasteiger partial charge in [-0.25, -0.2) is 4.39 Å². The molecular formula is C38H36ClFN8O7S. The van der Waals surface area contributed by atoms with E-state index < -0.39 is 53.1 Å². The minimum atomic E-state index is -1.20. The predicted octanol–water partition coefficient (Wildman–Crippen LogP) is 4.61. The van der Waals surface area contributed by atoms with Gasteiger partial charge in [0.2, 0.25) is 11.8 Å². The van der Waals surface area contributed by atoms with E-state index in [-0.39, 0.29) is 36.4 Å². The molecule has 2 atom stereocenters. The van der Waals surface area contributed by atoms with Gasteiger partial charge in [0.15, 0.2) is 5.82 Å². The third-order valence-electron chi connectivity index (χ3n) is 9.91. The first kappa shape index (κ1) is 38.5. The number of aliphatic imine (C=N–C) groups is 1. The normalized spacial score (nSPS) is 17.4. The van der Waals surface area contributed by atoms with Crippen molar-refractivity contribution >= 4 is 69.8 Å². The molecule has 5 heterocycles. The van der Waals surface area contributed by atoms with Crippen LogP contribution in [-0.2, 0) is 19.1 Å². The van der Waals surface area contributed by atoms with Crippen LogP contribution in [-0.4, -0.2) is 87.1 Å². The minimum Gasteiger partial charge on any atom is -0.469 e. The number of rotatable bonds is 12. The van der Waals surface area contributed by atoms with Gasteiger partial charge < -0.3 is 15.4 Å². The molecule has 18 heteroatoms. The lowest BCUT2D eigenvalue weighted by atomic mass is 9.99. The summed E-state index contributed by atoms with van der Waals surface area (Å²) in [5.41, 5.74) is 2.46. The Morgan fingerprint density at radius 3 is 2.45 bits per heavy atom. The summed E-state index contributed by atoms with van der Waals surface area (Å²) in [4.78, 5) is 82.9. The number of hydrogen-bond acceptors (Lipinski definition) is 12. The molecule has 4 aromatic rings. The topological polar surface area (TPSA) is 194 Å². The maximum atomic E-state index is 14.8. The lowest BCUT2D eigenvalue weighted by Gasteiger charge is -2.27. The number of esters is 1. The van der Waals surface area contributed by atoms with Crippen LogP contribution in [0.1, 0.15) is 103 Å². The van der Waals surface area contributed by atoms with Crippen molar-refractivity contribution in [2.24, 2.45) is 4.99 Å². The van der Waals surface area contributed by atoms with E-state index in [0.717, 1.165) is 22.1 Å². The molecule has 3 N–H and O–H groups in total. The second-order valence-corrected chi connectivity index (χ2v) is 14.9. The van der Waals surface area contributed by atoms with Crippen LogP contribution in [0, 0.1) is 19.7 Å². The summed E-state index contributed by atoms with van der Waals surface area (Å²) in [6, 6.07) is 7.75. The van der Waals surface area contributed by atoms with Crippen molar-refractivity contribution in [2.75, 3.05) is 25.5 Å². The van der Waals surface area contributed by atoms with Gasteiger partial charge in [-0.3, -0.25) is 48.5 Å². The number of methoxy groups -OCH3 is 1. The van der Waals surface area contributed by atoms with Gasteiger partial charge in [-0.2, -0.15) is 0 Å². The van der Waals surface area contributed by atoms with Gasteiger partial charge in [-0.15, -0.1) is 21.5 Å². The van der Waals surface area contributed by atoms with E-state index in [2.05, 4.69) is 26.1 Å². The molecule has 7 rings (SSSR count). The summed E-state index contributed by atoms with van der Waals surface area (Å²) >= 11 is 7.49. The summed E-state index contributed by atoms with van der Waals surface area (Å²) in [5, 5.41) is 18.2. The van der Waals surface area contributed by atoms with Crippen molar-refractivity contribution in [3.05, 3.63) is 91.6 Å². The first-order valence-electron chi connectivity index (χ1n) is 17.9. The number of aromatic nitrogens is 3. The highest BCUT2D eigenvalue weighted by atomic mass is 35.5. The van der Waals surface area contributed by atoms with Crippen LogP contribution >= 0.6 is 22.9 Å². The van der Waals surface area contributed by atoms with Crippen LogP contribution in [0.15, 0.2) is 41.4 Å². The average molecular weight is 803 g/mol. The Hall–Kier alpha value is -5.81. The molecule has 1 saturated heterocycles. The number of unbranched alkanes of at least 4 members (excludes halogenated alkanes) is 2. The van der Waals surface area contributed by atoms with Gasteiger partial charge in [0.25, 0.3) is 17.7 Å². The number of carbonyl (C=O) groups is 6. The number of aryl methyl sites for hydroxylation is 1. The Balaban J connectivity index is 1.01. The van der Waals surface area contributed by atoms with Gasteiger partial charge in [0.1, 0.15) is 28.7 Å². The zero-order valence-electron chi connectivity index (χ0n) is 30.5. The molecule has 5 amide bonds. The molecule has 0 bridgehead atoms. The molecule has 1 unspecified atom stereocenters. The number of nitrogens with zero attached hydrogens (tertiary/aromatic N) is 5. The van der Waals surface area contributed by atoms with Crippen molar-refractivity contribution in [3.63, 3.8) is 0 Å². The lowest BCUT2D eigenvalue weighted by Crippen LogP contribution is -2.54. The zero-order valence-corrected chi connectivity index (χ0v) is 32.1. The van der Waals surface area contributed by atoms with Crippen molar-refractivity contribution in [2.45, 2.75) is 64.5 Å². The van der Waals surface area contributed by atoms with Gasteiger partial charge in [0.05, 0.1) is 35.2 Å². The fourth-order valence-corrected chi connectivity index (χ4v) is 8.52. The summed E-state index contributed by atoms with van der Waals surface area (Å²) in [7, 11) is 1.31. The SMILES string of the molecule is COC(=O)C[C@@H]1N=C(c2ccc(Cl)cc2)c2c(sc(C(=O)NCCCCCNc3ccc(F)c4c3C(=O)N(C3CCC(=O)NC3=O)C4=O)c2C)-n2c(C)nnc21. The Labute approximate surface area is 328 Å². The first-order chi connectivity index (χ1) is 26.9. The van der Waals surface area contributed by atoms with Crippen molar-refractivity contribution < 1.29 is 37.9 Å². The number of thiophene rings is 1. The van der Waals surface area contributed by atoms with Crippen LogP contribution in [0.25, 0.3) is 5.00 Å². The number of benzene rings is 2. The Morgan fingerprint density at radius 1 is 0.982 bits per heavy atom. The Bertz CT molecular complexity index is 2340. The molecule has 56 heavy (non-hydrogen) atoms. The largest absolute Gasteiger partial charge is 0.469 e. The second kappa shape index (κ2) is 15.7. The van der Waals surface area contributed by atoms with Gasteiger partial charge in [0, 0.05) is 41.3 Å². The first-order valence-corrected chi connectivity index (χ1v) is 19.1. The highest BCUT2D eigenvalue weighted by molar-refractivity contribution is 7.17. The predicted molar refractivity (Wildman–Crippen MR) is 203 cm³/mol. The number of carbonyl (C=O) groups excluding carboxylic acids is 6. The molecule has 1 fully saturated rings. The monoisotopic (exact) mass is 802 g/mol. The van der Waals surface area contributed by atoms with Crippen LogP contribution in [0.4, 0.5) is 10.1 Å². The smallest absolute Gasteiger partial charge is 0.308 e. The second-order valence-electron chi connectivity index (χ2n) is 13.5. The highest BCUT2D eigenvalue weighted by Gasteiger charge is 2.47. The number of nitrogens with one attached hydrogen (secondary N) is 3. The molecule has 0 saturated carbocycles. The van der Waals surface area contributed by atoms with Crippen LogP contribution in [0.2, 0.25) is 5.02 Å². The van der Waals surface area contributed by atoms with Crippen LogP contribution in [0.3, 0.4) is 0 Å². The molecule has 2 aromatic carbocycles. The summed E-state index contributed by atoms with van der Waals surface area (Å²) in [6.07, 6.45) is 1.79. The summed E-state index contributed by atoms with van der Waals surface area (Å²) in [5.74, 6) is -3.56. The number of fused-ring (bicyclic) bond motifs is 4. The molecule has 15 nitrogen and oxygen atoms in total. The molecular weight excluding hydrogens is 767 g/mol. The molecule has 0 radical (unpaired) electrons. The summed E-state index contributed by atoms with van der Waals surface area (Å²) < 4.78 is 21.6. The minimum absolute atomic E-state index is 0.0360. The van der Waals surface area contributed by atoms with Gasteiger partial charge in [-0.05, 0) is 69.4 Å². The molecule has 290 valence electrons. The van der Waals surface area contributed by atoms with E-state index in [0.29, 0.717) is 70.2 Å². The number of halogens is 2. The maximum absolute atomic E-state index is 14.8. The number of hydrogen-bond donors (Lipinski definition) is 3. The fourth-order valence-electron chi connectivity index (χ4n) is 7.11. The lowest BCUT2D eigenvalue weighted by molar-refractivity contribution is -0.141. The maximum Gasteiger partial charge on any atom is 0.308 e. The average Bonchev–Trinajstić information content (AvgIpc) is 3.77. The number of amides is 5. The molecule has 0 aliphatic carbocycles. The van der Waals surface area contributed by atoms with Gasteiger partial charge >= 0.3 is 5.97 Å². The van der Waals surface area contributed by atoms with E-state index in [9.17, 15) is 33.2 Å². The van der Waals surface area contributed by atoms with E-state index in [1.807, 2.05) is 23.6 Å². The van der Waals surface area contributed by atoms with E-state index in [1.165, 1.54) is 24.5 Å². The molecule has 3 aliphatic heterocycles. The highest BCUT2D eigenvalue weighted by Crippen LogP contribution is 2.40. The van der Waals surface area contributed by atoms with Crippen LogP contribution in [0.5, 0.6) is 0 Å². The zero-order chi connectivity index (χ0) is 39.8. The quantitative estimate of drug-likeness (QED) is 0.104. The standard InChI is InChI=1S/C38H36ClFN8O7S/c1-18-28-31(20-7-9-21(39)10-8-20)43-24(17-27(50)55-3)33-46-45-19(2)47(33)38(28)56-32(18)35(52)42-16-6-4-5-15-41-23-12-11-22(40)29-30(23)37(54)48(36(29)53)25-13-14-26(49)44-34(25)51/h7-12,24-25,41H,4-6,13-17H2,1-3H3,(H,42,52)(H,44,49,51)/t24-,25?/m0/s1. The third-order valence-corrected chi connectivity index (χ3v) is 11.4. The van der Waals surface area contributed by atoms with E-state index >= 15 is 0 Å². The number of piperidine rings is 1. The van der Waals surface area contributed by atoms with Crippen LogP contribution < -0.4 is 16.0 Å². The van der Waals surface area contributed by atoms with Crippen molar-refractivity contribution in [3.8, 4) is 5.00 Å². The molecule has 3 aliphatic rings. The van der Waals surface area contributed by atoms with Gasteiger partial charge in [-0.1, -0.05) is 23.7 Å². The Morgan fingerprint density at radius 2 is 1.71 bits per heavy atom. The van der Waals surface area contributed by atoms with E-state index in [1.54, 1.807) is 19.1 Å². The van der Waals surface area contributed by atoms with E-state index in [4.69, 9.17) is 21.3 Å². The summed E-state index contributed by atoms with van der Waals surface area (Å²) in [6.45, 7) is 4.41. The Kier molecular flexibility index (Phi) is 10.8. The number of ether oxygens (including phenoxy) is 1. The van der Waals surface area contributed by atoms with Crippen molar-refractivity contribution in [1.29, 1.82) is 0 Å². The number of anilines is 1. The van der Waals surface area contributed by atoms with Crippen molar-refractivity contribution in [1.82, 2.24) is 30.3 Å². The third kappa shape index (κ3) is 7.07. The molecule has 0 spiro atoms. The number of imide groups is 2.